The molecule has 2 aromatic rings. The number of hydrogen-bond donors (Lipinski definition) is 2. The number of hydrogen-bond acceptors (Lipinski definition) is 2. The highest BCUT2D eigenvalue weighted by atomic mass is 16.3. The summed E-state index contributed by atoms with van der Waals surface area (Å²) in [4.78, 5) is 5.85. The summed E-state index contributed by atoms with van der Waals surface area (Å²) >= 11 is 0. The molecule has 2 N–H and O–H groups in total. The molecule has 4 rings (SSSR count). The highest BCUT2D eigenvalue weighted by molar-refractivity contribution is 5.90. The number of phenolic OH excluding ortho intramolecular Hbond substituents is 1. The SMILES string of the molecule is [2H][C@@]12C[C@H](/C(C)=C\C)[C@H](CC)CN1CCc1c2[nH]c2cccc(O)c12. The molecular weight excluding hydrogens is 296 g/mol. The molecule has 1 aromatic carbocycles. The van der Waals surface area contributed by atoms with Crippen molar-refractivity contribution in [2.45, 2.75) is 46.1 Å². The van der Waals surface area contributed by atoms with E-state index in [1.54, 1.807) is 6.07 Å². The van der Waals surface area contributed by atoms with E-state index in [-0.39, 0.29) is 0 Å². The van der Waals surface area contributed by atoms with Gasteiger partial charge in [-0.25, -0.2) is 0 Å². The molecular formula is C21H28N2O. The number of phenols is 1. The first-order chi connectivity index (χ1) is 12.0. The van der Waals surface area contributed by atoms with E-state index >= 15 is 0 Å². The van der Waals surface area contributed by atoms with E-state index in [2.05, 4.69) is 36.7 Å². The van der Waals surface area contributed by atoms with Crippen molar-refractivity contribution in [3.05, 3.63) is 41.1 Å². The van der Waals surface area contributed by atoms with Crippen LogP contribution in [0, 0.1) is 11.8 Å². The molecule has 2 aliphatic heterocycles. The van der Waals surface area contributed by atoms with Crippen molar-refractivity contribution in [1.82, 2.24) is 9.88 Å². The third kappa shape index (κ3) is 2.29. The van der Waals surface area contributed by atoms with E-state index in [4.69, 9.17) is 0 Å². The Balaban J connectivity index is 1.85. The van der Waals surface area contributed by atoms with E-state index in [0.717, 1.165) is 54.5 Å². The normalized spacial score (nSPS) is 31.6. The van der Waals surface area contributed by atoms with Crippen molar-refractivity contribution >= 4 is 10.9 Å². The zero-order chi connectivity index (χ0) is 17.8. The number of rotatable bonds is 2. The predicted molar refractivity (Wildman–Crippen MR) is 99.3 cm³/mol. The Labute approximate surface area is 145 Å². The summed E-state index contributed by atoms with van der Waals surface area (Å²) < 4.78 is 9.41. The van der Waals surface area contributed by atoms with Gasteiger partial charge in [0.15, 0.2) is 0 Å². The minimum absolute atomic E-state index is 0.329. The molecule has 3 nitrogen and oxygen atoms in total. The Hall–Kier alpha value is -1.74. The predicted octanol–water partition coefficient (Wildman–Crippen LogP) is 4.79. The van der Waals surface area contributed by atoms with E-state index in [9.17, 15) is 6.48 Å². The molecule has 0 radical (unpaired) electrons. The van der Waals surface area contributed by atoms with Crippen molar-refractivity contribution in [2.75, 3.05) is 13.1 Å². The molecule has 1 fully saturated rings. The molecule has 3 heterocycles. The van der Waals surface area contributed by atoms with Crippen LogP contribution in [0.5, 0.6) is 5.75 Å². The van der Waals surface area contributed by atoms with Gasteiger partial charge in [-0.15, -0.1) is 0 Å². The maximum absolute atomic E-state index is 10.4. The van der Waals surface area contributed by atoms with Gasteiger partial charge in [0.1, 0.15) is 5.75 Å². The molecule has 0 aliphatic carbocycles. The molecule has 0 bridgehead atoms. The van der Waals surface area contributed by atoms with Crippen LogP contribution in [-0.2, 0) is 6.42 Å². The lowest BCUT2D eigenvalue weighted by Gasteiger charge is -2.46. The Morgan fingerprint density at radius 3 is 3.08 bits per heavy atom. The lowest BCUT2D eigenvalue weighted by Crippen LogP contribution is -2.46. The van der Waals surface area contributed by atoms with Crippen molar-refractivity contribution < 1.29 is 6.48 Å². The Morgan fingerprint density at radius 1 is 1.50 bits per heavy atom. The third-order valence-electron chi connectivity index (χ3n) is 6.21. The third-order valence-corrected chi connectivity index (χ3v) is 6.21. The Morgan fingerprint density at radius 2 is 2.33 bits per heavy atom. The van der Waals surface area contributed by atoms with Crippen LogP contribution in [0.4, 0.5) is 0 Å². The number of nitrogens with one attached hydrogen (secondary N) is 1. The van der Waals surface area contributed by atoms with Gasteiger partial charge in [-0.2, -0.15) is 0 Å². The van der Waals surface area contributed by atoms with Crippen molar-refractivity contribution in [2.24, 2.45) is 11.8 Å². The van der Waals surface area contributed by atoms with Gasteiger partial charge in [0.2, 0.25) is 0 Å². The average Bonchev–Trinajstić information content (AvgIpc) is 3.01. The summed E-state index contributed by atoms with van der Waals surface area (Å²) in [6.45, 7) is 8.48. The first-order valence-electron chi connectivity index (χ1n) is 9.70. The summed E-state index contributed by atoms with van der Waals surface area (Å²) in [5.41, 5.74) is 4.50. The molecule has 0 saturated carbocycles. The molecule has 24 heavy (non-hydrogen) atoms. The zero-order valence-electron chi connectivity index (χ0n) is 15.9. The fourth-order valence-corrected chi connectivity index (χ4v) is 4.71. The van der Waals surface area contributed by atoms with E-state index in [0.29, 0.717) is 17.6 Å². The zero-order valence-corrected chi connectivity index (χ0v) is 14.9. The van der Waals surface area contributed by atoms with Crippen LogP contribution in [0.3, 0.4) is 0 Å². The maximum atomic E-state index is 10.4. The highest BCUT2D eigenvalue weighted by Crippen LogP contribution is 2.46. The van der Waals surface area contributed by atoms with Crippen LogP contribution in [0.2, 0.25) is 0 Å². The summed E-state index contributed by atoms with van der Waals surface area (Å²) in [5, 5.41) is 11.3. The summed E-state index contributed by atoms with van der Waals surface area (Å²) in [6.07, 6.45) is 5.09. The molecule has 0 amide bonds. The van der Waals surface area contributed by atoms with Crippen molar-refractivity contribution in [3.63, 3.8) is 0 Å². The van der Waals surface area contributed by atoms with Gasteiger partial charge in [-0.1, -0.05) is 31.1 Å². The van der Waals surface area contributed by atoms with Crippen LogP contribution >= 0.6 is 0 Å². The van der Waals surface area contributed by atoms with Gasteiger partial charge < -0.3 is 10.1 Å². The minimum atomic E-state index is -0.723. The number of nitrogens with zero attached hydrogens (tertiary/aromatic N) is 1. The first-order valence-corrected chi connectivity index (χ1v) is 9.20. The fourth-order valence-electron chi connectivity index (χ4n) is 4.71. The minimum Gasteiger partial charge on any atom is -0.507 e. The first kappa shape index (κ1) is 14.6. The number of aromatic hydroxyl groups is 1. The van der Waals surface area contributed by atoms with E-state index in [1.807, 2.05) is 12.1 Å². The molecule has 3 atom stereocenters. The topological polar surface area (TPSA) is 39.3 Å². The average molecular weight is 325 g/mol. The van der Waals surface area contributed by atoms with Crippen molar-refractivity contribution in [3.8, 4) is 5.75 Å². The number of piperidine rings is 1. The quantitative estimate of drug-likeness (QED) is 0.780. The maximum Gasteiger partial charge on any atom is 0.125 e. The van der Waals surface area contributed by atoms with Crippen LogP contribution in [0.25, 0.3) is 10.9 Å². The molecule has 1 saturated heterocycles. The number of H-pyrrole nitrogens is 1. The Kier molecular flexibility index (Phi) is 3.62. The largest absolute Gasteiger partial charge is 0.507 e. The fraction of sp³-hybridized carbons (Fsp3) is 0.524. The van der Waals surface area contributed by atoms with Gasteiger partial charge >= 0.3 is 0 Å². The second-order valence-corrected chi connectivity index (χ2v) is 7.33. The molecule has 0 unspecified atom stereocenters. The number of benzene rings is 1. The van der Waals surface area contributed by atoms with Crippen LogP contribution in [-0.4, -0.2) is 28.1 Å². The van der Waals surface area contributed by atoms with Gasteiger partial charge in [0.05, 0.1) is 7.39 Å². The van der Waals surface area contributed by atoms with Crippen molar-refractivity contribution in [1.29, 1.82) is 0 Å². The van der Waals surface area contributed by atoms with E-state index < -0.39 is 6.02 Å². The second-order valence-electron chi connectivity index (χ2n) is 7.33. The summed E-state index contributed by atoms with van der Waals surface area (Å²) in [5.74, 6) is 1.40. The molecule has 1 aromatic heterocycles. The number of allylic oxidation sites excluding steroid dienone is 2. The van der Waals surface area contributed by atoms with Gasteiger partial charge in [-0.3, -0.25) is 4.90 Å². The number of aromatic nitrogens is 1. The molecule has 3 heteroatoms. The van der Waals surface area contributed by atoms with Gasteiger partial charge in [0, 0.05) is 29.7 Å². The summed E-state index contributed by atoms with van der Waals surface area (Å²) in [7, 11) is 0. The van der Waals surface area contributed by atoms with Crippen LogP contribution in [0.1, 0.15) is 52.3 Å². The van der Waals surface area contributed by atoms with Crippen LogP contribution in [0.15, 0.2) is 29.8 Å². The highest BCUT2D eigenvalue weighted by Gasteiger charge is 2.40. The van der Waals surface area contributed by atoms with Gasteiger partial charge in [-0.05, 0) is 56.2 Å². The number of aromatic amines is 1. The van der Waals surface area contributed by atoms with Gasteiger partial charge in [0.25, 0.3) is 0 Å². The second kappa shape index (κ2) is 5.96. The molecule has 0 spiro atoms. The van der Waals surface area contributed by atoms with Crippen LogP contribution < -0.4 is 0 Å². The lowest BCUT2D eigenvalue weighted by molar-refractivity contribution is 0.0637. The lowest BCUT2D eigenvalue weighted by atomic mass is 9.74. The van der Waals surface area contributed by atoms with E-state index in [1.165, 1.54) is 5.57 Å². The number of fused-ring (bicyclic) bond motifs is 5. The molecule has 128 valence electrons. The Bertz CT molecular complexity index is 840. The smallest absolute Gasteiger partial charge is 0.125 e. The summed E-state index contributed by atoms with van der Waals surface area (Å²) in [6, 6.07) is 4.90. The molecule has 2 aliphatic rings. The monoisotopic (exact) mass is 325 g/mol. The standard InChI is InChI=1S/C21H28N2O/c1-4-13(3)16-11-18-21-15(9-10-23(18)12-14(16)5-2)20-17(22-21)7-6-8-19(20)24/h4,6-8,14,16,18,22,24H,5,9-12H2,1-3H3/b13-4-/t14-,16-,18+/m1/s1/i18D.